The molecule has 0 aliphatic heterocycles. The van der Waals surface area contributed by atoms with Crippen molar-refractivity contribution in [3.8, 4) is 0 Å². The van der Waals surface area contributed by atoms with E-state index >= 15 is 0 Å². The maximum atomic E-state index is 12.3. The summed E-state index contributed by atoms with van der Waals surface area (Å²) in [6.07, 6.45) is 3.37. The molecule has 21 heavy (non-hydrogen) atoms. The normalized spacial score (nSPS) is 17.0. The number of hydrogen-bond donors (Lipinski definition) is 2. The molecule has 2 unspecified atom stereocenters. The molecule has 2 N–H and O–H groups in total. The van der Waals surface area contributed by atoms with Crippen molar-refractivity contribution in [3.05, 3.63) is 30.3 Å². The Bertz CT molecular complexity index is 488. The lowest BCUT2D eigenvalue weighted by atomic mass is 10.1. The number of nitrogens with one attached hydrogen (secondary N) is 1. The molecule has 1 aliphatic rings. The van der Waals surface area contributed by atoms with Gasteiger partial charge in [-0.25, -0.2) is 4.79 Å². The molecule has 2 atom stereocenters. The minimum absolute atomic E-state index is 0.181. The number of thioether (sulfide) groups is 1. The number of hydrogen-bond acceptors (Lipinski definition) is 3. The molecule has 0 heterocycles. The molecule has 1 aromatic rings. The van der Waals surface area contributed by atoms with Gasteiger partial charge in [0.2, 0.25) is 5.91 Å². The number of carboxylic acid groups (broad SMARTS) is 1. The summed E-state index contributed by atoms with van der Waals surface area (Å²) >= 11 is 1.48. The molecule has 5 heteroatoms. The summed E-state index contributed by atoms with van der Waals surface area (Å²) in [5.74, 6) is -0.650. The number of benzene rings is 1. The van der Waals surface area contributed by atoms with E-state index in [9.17, 15) is 14.7 Å². The molecule has 1 fully saturated rings. The van der Waals surface area contributed by atoms with E-state index < -0.39 is 12.0 Å². The highest BCUT2D eigenvalue weighted by molar-refractivity contribution is 8.00. The molecule has 2 rings (SSSR count). The standard InChI is InChI=1S/C16H21NO3S/c1-2-14(21-12-6-4-3-5-7-12)15(18)17-13(16(19)20)10-11-8-9-11/h3-7,11,13-14H,2,8-10H2,1H3,(H,17,18)(H,19,20). The fourth-order valence-electron chi connectivity index (χ4n) is 2.16. The van der Waals surface area contributed by atoms with E-state index in [4.69, 9.17) is 0 Å². The summed E-state index contributed by atoms with van der Waals surface area (Å²) < 4.78 is 0. The van der Waals surface area contributed by atoms with Crippen LogP contribution in [0.25, 0.3) is 0 Å². The first-order valence-corrected chi connectivity index (χ1v) is 8.23. The van der Waals surface area contributed by atoms with Gasteiger partial charge in [-0.1, -0.05) is 38.0 Å². The van der Waals surface area contributed by atoms with Gasteiger partial charge in [0.05, 0.1) is 5.25 Å². The van der Waals surface area contributed by atoms with E-state index in [1.165, 1.54) is 11.8 Å². The Hall–Kier alpha value is -1.49. The van der Waals surface area contributed by atoms with Crippen LogP contribution in [0.1, 0.15) is 32.6 Å². The van der Waals surface area contributed by atoms with E-state index in [2.05, 4.69) is 5.32 Å². The van der Waals surface area contributed by atoms with Crippen molar-refractivity contribution in [2.75, 3.05) is 0 Å². The smallest absolute Gasteiger partial charge is 0.326 e. The lowest BCUT2D eigenvalue weighted by Crippen LogP contribution is -2.44. The lowest BCUT2D eigenvalue weighted by Gasteiger charge is -2.19. The van der Waals surface area contributed by atoms with Gasteiger partial charge < -0.3 is 10.4 Å². The molecule has 0 aromatic heterocycles. The van der Waals surface area contributed by atoms with Crippen LogP contribution in [0, 0.1) is 5.92 Å². The third-order valence-electron chi connectivity index (χ3n) is 3.57. The van der Waals surface area contributed by atoms with Gasteiger partial charge in [-0.3, -0.25) is 4.79 Å². The average molecular weight is 307 g/mol. The van der Waals surface area contributed by atoms with Crippen molar-refractivity contribution in [2.24, 2.45) is 5.92 Å². The third-order valence-corrected chi connectivity index (χ3v) is 4.94. The summed E-state index contributed by atoms with van der Waals surface area (Å²) in [6.45, 7) is 1.94. The summed E-state index contributed by atoms with van der Waals surface area (Å²) in [4.78, 5) is 24.6. The second-order valence-corrected chi connectivity index (χ2v) is 6.68. The predicted molar refractivity (Wildman–Crippen MR) is 83.3 cm³/mol. The first-order chi connectivity index (χ1) is 10.1. The Labute approximate surface area is 129 Å². The summed E-state index contributed by atoms with van der Waals surface area (Å²) in [7, 11) is 0. The number of carboxylic acids is 1. The number of aliphatic carboxylic acids is 1. The first-order valence-electron chi connectivity index (χ1n) is 7.35. The molecule has 4 nitrogen and oxygen atoms in total. The quantitative estimate of drug-likeness (QED) is 0.725. The van der Waals surface area contributed by atoms with Crippen molar-refractivity contribution in [3.63, 3.8) is 0 Å². The van der Waals surface area contributed by atoms with Crippen LogP contribution in [0.3, 0.4) is 0 Å². The average Bonchev–Trinajstić information content (AvgIpc) is 3.29. The highest BCUT2D eigenvalue weighted by Gasteiger charge is 2.31. The molecular weight excluding hydrogens is 286 g/mol. The van der Waals surface area contributed by atoms with Crippen LogP contribution in [-0.2, 0) is 9.59 Å². The van der Waals surface area contributed by atoms with Gasteiger partial charge in [0.15, 0.2) is 0 Å². The Morgan fingerprint density at radius 1 is 1.33 bits per heavy atom. The molecule has 0 radical (unpaired) electrons. The van der Waals surface area contributed by atoms with Gasteiger partial charge >= 0.3 is 5.97 Å². The Morgan fingerprint density at radius 2 is 2.00 bits per heavy atom. The van der Waals surface area contributed by atoms with Crippen molar-refractivity contribution in [2.45, 2.75) is 48.8 Å². The van der Waals surface area contributed by atoms with Crippen LogP contribution in [-0.4, -0.2) is 28.3 Å². The SMILES string of the molecule is CCC(Sc1ccccc1)C(=O)NC(CC1CC1)C(=O)O. The zero-order chi connectivity index (χ0) is 15.2. The molecule has 1 aromatic carbocycles. The maximum Gasteiger partial charge on any atom is 0.326 e. The molecule has 0 bridgehead atoms. The zero-order valence-corrected chi connectivity index (χ0v) is 12.9. The topological polar surface area (TPSA) is 66.4 Å². The first kappa shape index (κ1) is 15.9. The predicted octanol–water partition coefficient (Wildman–Crippen LogP) is 2.93. The van der Waals surface area contributed by atoms with E-state index in [1.54, 1.807) is 0 Å². The van der Waals surface area contributed by atoms with Gasteiger partial charge in [-0.05, 0) is 30.9 Å². The Morgan fingerprint density at radius 3 is 2.52 bits per heavy atom. The number of carbonyl (C=O) groups is 2. The molecule has 114 valence electrons. The van der Waals surface area contributed by atoms with Crippen LogP contribution in [0.5, 0.6) is 0 Å². The van der Waals surface area contributed by atoms with E-state index in [0.29, 0.717) is 18.8 Å². The number of carbonyl (C=O) groups excluding carboxylic acids is 1. The molecule has 1 amide bonds. The molecule has 1 aliphatic carbocycles. The van der Waals surface area contributed by atoms with E-state index in [0.717, 1.165) is 17.7 Å². The van der Waals surface area contributed by atoms with Crippen molar-refractivity contribution >= 4 is 23.6 Å². The summed E-state index contributed by atoms with van der Waals surface area (Å²) in [6, 6.07) is 8.95. The minimum atomic E-state index is -0.935. The Kier molecular flexibility index (Phi) is 5.67. The highest BCUT2D eigenvalue weighted by Crippen LogP contribution is 2.33. The van der Waals surface area contributed by atoms with Crippen molar-refractivity contribution in [1.29, 1.82) is 0 Å². The van der Waals surface area contributed by atoms with Crippen molar-refractivity contribution < 1.29 is 14.7 Å². The fraction of sp³-hybridized carbons (Fsp3) is 0.500. The van der Waals surface area contributed by atoms with Crippen LogP contribution < -0.4 is 5.32 Å². The maximum absolute atomic E-state index is 12.3. The monoisotopic (exact) mass is 307 g/mol. The molecular formula is C16H21NO3S. The molecule has 1 saturated carbocycles. The van der Waals surface area contributed by atoms with E-state index in [1.807, 2.05) is 37.3 Å². The zero-order valence-electron chi connectivity index (χ0n) is 12.1. The lowest BCUT2D eigenvalue weighted by molar-refractivity contribution is -0.142. The number of rotatable bonds is 8. The second kappa shape index (κ2) is 7.50. The van der Waals surface area contributed by atoms with Gasteiger partial charge in [-0.2, -0.15) is 0 Å². The third kappa shape index (κ3) is 5.08. The number of amides is 1. The van der Waals surface area contributed by atoms with Crippen molar-refractivity contribution in [1.82, 2.24) is 5.32 Å². The van der Waals surface area contributed by atoms with Gasteiger partial charge in [-0.15, -0.1) is 11.8 Å². The molecule has 0 spiro atoms. The summed E-state index contributed by atoms with van der Waals surface area (Å²) in [5.41, 5.74) is 0. The van der Waals surface area contributed by atoms with Crippen LogP contribution in [0.2, 0.25) is 0 Å². The van der Waals surface area contributed by atoms with Gasteiger partial charge in [0.25, 0.3) is 0 Å². The van der Waals surface area contributed by atoms with Gasteiger partial charge in [0.1, 0.15) is 6.04 Å². The second-order valence-electron chi connectivity index (χ2n) is 5.41. The largest absolute Gasteiger partial charge is 0.480 e. The van der Waals surface area contributed by atoms with Crippen LogP contribution >= 0.6 is 11.8 Å². The van der Waals surface area contributed by atoms with E-state index in [-0.39, 0.29) is 11.2 Å². The van der Waals surface area contributed by atoms with Crippen LogP contribution in [0.15, 0.2) is 35.2 Å². The molecule has 0 saturated heterocycles. The fourth-order valence-corrected chi connectivity index (χ4v) is 3.14. The highest BCUT2D eigenvalue weighted by atomic mass is 32.2. The van der Waals surface area contributed by atoms with Gasteiger partial charge in [0, 0.05) is 4.90 Å². The summed E-state index contributed by atoms with van der Waals surface area (Å²) in [5, 5.41) is 11.7. The Balaban J connectivity index is 1.93. The minimum Gasteiger partial charge on any atom is -0.480 e. The van der Waals surface area contributed by atoms with Crippen LogP contribution in [0.4, 0.5) is 0 Å².